The second-order valence-corrected chi connectivity index (χ2v) is 4.20. The zero-order chi connectivity index (χ0) is 10.4. The van der Waals surface area contributed by atoms with Crippen LogP contribution in [0.15, 0.2) is 10.5 Å². The number of allylic oxidation sites excluding steroid dienone is 2. The fourth-order valence-corrected chi connectivity index (χ4v) is 2.34. The predicted molar refractivity (Wildman–Crippen MR) is 60.0 cm³/mol. The van der Waals surface area contributed by atoms with Gasteiger partial charge in [0.1, 0.15) is 0 Å². The minimum Gasteiger partial charge on any atom is -0.166 e. The Morgan fingerprint density at radius 1 is 1.15 bits per heavy atom. The van der Waals surface area contributed by atoms with Crippen molar-refractivity contribution in [1.29, 1.82) is 0 Å². The van der Waals surface area contributed by atoms with E-state index in [9.17, 15) is 13.2 Å². The Hall–Kier alpha value is 0.410. The Bertz CT molecular complexity index is 314. The SMILES string of the molecule is FC(F)(F)C1=C(S)C(=S)C(S)C1=S. The predicted octanol–water partition coefficient (Wildman–Crippen LogP) is 2.78. The number of rotatable bonds is 0. The van der Waals surface area contributed by atoms with Gasteiger partial charge in [-0.1, -0.05) is 24.4 Å². The highest BCUT2D eigenvalue weighted by Gasteiger charge is 2.45. The molecule has 0 saturated heterocycles. The number of hydrogen-bond acceptors (Lipinski definition) is 4. The van der Waals surface area contributed by atoms with Gasteiger partial charge in [0.05, 0.1) is 10.8 Å². The first-order valence-corrected chi connectivity index (χ1v) is 4.81. The lowest BCUT2D eigenvalue weighted by atomic mass is 10.2. The van der Waals surface area contributed by atoms with Crippen molar-refractivity contribution in [3.8, 4) is 0 Å². The summed E-state index contributed by atoms with van der Waals surface area (Å²) >= 11 is 16.8. The molecule has 0 N–H and O–H groups in total. The molecule has 0 spiro atoms. The lowest BCUT2D eigenvalue weighted by molar-refractivity contribution is -0.0857. The molecule has 1 rings (SSSR count). The zero-order valence-corrected chi connectivity index (χ0v) is 9.34. The van der Waals surface area contributed by atoms with Crippen LogP contribution in [-0.2, 0) is 0 Å². The fourth-order valence-electron chi connectivity index (χ4n) is 0.899. The molecule has 0 bridgehead atoms. The Morgan fingerprint density at radius 2 is 1.62 bits per heavy atom. The van der Waals surface area contributed by atoms with E-state index in [1.165, 1.54) is 0 Å². The van der Waals surface area contributed by atoms with Crippen molar-refractivity contribution in [2.75, 3.05) is 0 Å². The molecule has 0 aromatic rings. The van der Waals surface area contributed by atoms with Crippen LogP contribution in [0.5, 0.6) is 0 Å². The molecule has 0 aliphatic heterocycles. The molecule has 0 nitrogen and oxygen atoms in total. The molecule has 1 atom stereocenters. The molecule has 0 radical (unpaired) electrons. The first kappa shape index (κ1) is 11.5. The number of thiol groups is 2. The normalized spacial score (nSPS) is 24.5. The zero-order valence-electron chi connectivity index (χ0n) is 5.92. The van der Waals surface area contributed by atoms with E-state index in [0.717, 1.165) is 0 Å². The van der Waals surface area contributed by atoms with Crippen LogP contribution in [0.25, 0.3) is 0 Å². The van der Waals surface area contributed by atoms with E-state index >= 15 is 0 Å². The van der Waals surface area contributed by atoms with Gasteiger partial charge in [0.2, 0.25) is 0 Å². The average Bonchev–Trinajstić information content (AvgIpc) is 2.14. The molecule has 7 heteroatoms. The average molecular weight is 260 g/mol. The highest BCUT2D eigenvalue weighted by molar-refractivity contribution is 7.94. The molecule has 0 aromatic carbocycles. The van der Waals surface area contributed by atoms with E-state index in [1.807, 2.05) is 0 Å². The van der Waals surface area contributed by atoms with Crippen LogP contribution in [0, 0.1) is 0 Å². The van der Waals surface area contributed by atoms with Crippen LogP contribution in [-0.4, -0.2) is 21.2 Å². The molecule has 1 aliphatic carbocycles. The number of alkyl halides is 3. The number of halogens is 3. The Kier molecular flexibility index (Phi) is 3.11. The second kappa shape index (κ2) is 3.52. The summed E-state index contributed by atoms with van der Waals surface area (Å²) in [6, 6.07) is 0. The van der Waals surface area contributed by atoms with Crippen LogP contribution in [0.3, 0.4) is 0 Å². The summed E-state index contributed by atoms with van der Waals surface area (Å²) in [5.74, 6) is 0. The molecule has 1 unspecified atom stereocenters. The minimum atomic E-state index is -4.49. The van der Waals surface area contributed by atoms with Gasteiger partial charge in [0, 0.05) is 14.6 Å². The van der Waals surface area contributed by atoms with E-state index < -0.39 is 17.0 Å². The third-order valence-corrected chi connectivity index (χ3v) is 3.86. The van der Waals surface area contributed by atoms with Gasteiger partial charge in [0.15, 0.2) is 0 Å². The van der Waals surface area contributed by atoms with Crippen LogP contribution >= 0.6 is 49.7 Å². The quantitative estimate of drug-likeness (QED) is 0.508. The molecular weight excluding hydrogens is 257 g/mol. The van der Waals surface area contributed by atoms with Gasteiger partial charge < -0.3 is 0 Å². The second-order valence-electron chi connectivity index (χ2n) is 2.35. The smallest absolute Gasteiger partial charge is 0.166 e. The monoisotopic (exact) mass is 260 g/mol. The number of hydrogen-bond donors (Lipinski definition) is 2. The summed E-state index contributed by atoms with van der Waals surface area (Å²) in [5, 5.41) is -0.811. The summed E-state index contributed by atoms with van der Waals surface area (Å²) < 4.78 is 37.0. The van der Waals surface area contributed by atoms with E-state index in [1.54, 1.807) is 0 Å². The maximum absolute atomic E-state index is 12.3. The van der Waals surface area contributed by atoms with Crippen LogP contribution in [0.4, 0.5) is 13.2 Å². The molecule has 0 aromatic heterocycles. The van der Waals surface area contributed by atoms with Crippen molar-refractivity contribution >= 4 is 59.4 Å². The van der Waals surface area contributed by atoms with Crippen molar-refractivity contribution in [2.24, 2.45) is 0 Å². The first-order chi connectivity index (χ1) is 5.76. The molecule has 1 aliphatic rings. The lowest BCUT2D eigenvalue weighted by Gasteiger charge is -2.08. The van der Waals surface area contributed by atoms with Gasteiger partial charge in [0.25, 0.3) is 0 Å². The Balaban J connectivity index is 3.24. The van der Waals surface area contributed by atoms with Gasteiger partial charge in [-0.25, -0.2) is 0 Å². The molecule has 0 fully saturated rings. The third-order valence-electron chi connectivity index (χ3n) is 1.50. The van der Waals surface area contributed by atoms with Crippen molar-refractivity contribution < 1.29 is 13.2 Å². The molecule has 0 saturated carbocycles. The van der Waals surface area contributed by atoms with Crippen LogP contribution < -0.4 is 0 Å². The van der Waals surface area contributed by atoms with Gasteiger partial charge >= 0.3 is 6.18 Å². The fraction of sp³-hybridized carbons (Fsp3) is 0.333. The summed E-state index contributed by atoms with van der Waals surface area (Å²) in [5.41, 5.74) is -0.921. The van der Waals surface area contributed by atoms with E-state index in [2.05, 4.69) is 49.7 Å². The third kappa shape index (κ3) is 1.93. The topological polar surface area (TPSA) is 0 Å². The maximum Gasteiger partial charge on any atom is 0.418 e. The highest BCUT2D eigenvalue weighted by Crippen LogP contribution is 2.39. The number of thiocarbonyl (C=S) groups is 2. The minimum absolute atomic E-state index is 0.0454. The summed E-state index contributed by atoms with van der Waals surface area (Å²) in [6.45, 7) is 0. The van der Waals surface area contributed by atoms with Crippen molar-refractivity contribution in [3.63, 3.8) is 0 Å². The standard InChI is InChI=1S/C6H3F3S4/c7-6(8,9)1-2(10)4(12)5(13)3(1)11/h4,11-12H. The Labute approximate surface area is 94.4 Å². The van der Waals surface area contributed by atoms with Gasteiger partial charge in [-0.05, 0) is 0 Å². The molecular formula is C6H3F3S4. The molecule has 0 heterocycles. The highest BCUT2D eigenvalue weighted by atomic mass is 32.1. The van der Waals surface area contributed by atoms with Gasteiger partial charge in [-0.3, -0.25) is 0 Å². The summed E-state index contributed by atoms with van der Waals surface area (Å²) in [4.78, 5) is -0.512. The van der Waals surface area contributed by atoms with Crippen LogP contribution in [0.1, 0.15) is 0 Å². The molecule has 72 valence electrons. The van der Waals surface area contributed by atoms with Crippen molar-refractivity contribution in [3.05, 3.63) is 10.5 Å². The molecule has 13 heavy (non-hydrogen) atoms. The van der Waals surface area contributed by atoms with Crippen LogP contribution in [0.2, 0.25) is 0 Å². The Morgan fingerprint density at radius 3 is 1.77 bits per heavy atom. The van der Waals surface area contributed by atoms with Gasteiger partial charge in [-0.2, -0.15) is 25.8 Å². The lowest BCUT2D eigenvalue weighted by Crippen LogP contribution is -2.21. The van der Waals surface area contributed by atoms with Crippen molar-refractivity contribution in [2.45, 2.75) is 11.4 Å². The first-order valence-electron chi connectivity index (χ1n) is 3.03. The summed E-state index contributed by atoms with van der Waals surface area (Å²) in [6.07, 6.45) is -4.49. The van der Waals surface area contributed by atoms with E-state index in [4.69, 9.17) is 0 Å². The maximum atomic E-state index is 12.3. The summed E-state index contributed by atoms with van der Waals surface area (Å²) in [7, 11) is 0. The largest absolute Gasteiger partial charge is 0.418 e. The van der Waals surface area contributed by atoms with Crippen molar-refractivity contribution in [1.82, 2.24) is 0 Å². The van der Waals surface area contributed by atoms with E-state index in [-0.39, 0.29) is 14.6 Å². The molecule has 0 amide bonds. The van der Waals surface area contributed by atoms with Gasteiger partial charge in [-0.15, -0.1) is 12.6 Å². The van der Waals surface area contributed by atoms with E-state index in [0.29, 0.717) is 0 Å².